The average Bonchev–Trinajstić information content (AvgIpc) is 3.74. The van der Waals surface area contributed by atoms with Crippen LogP contribution in [0, 0.1) is 0 Å². The zero-order valence-electron chi connectivity index (χ0n) is 29.6. The van der Waals surface area contributed by atoms with E-state index in [4.69, 9.17) is 0 Å². The Balaban J connectivity index is 1.22. The third kappa shape index (κ3) is 4.39. The van der Waals surface area contributed by atoms with E-state index in [2.05, 4.69) is 192 Å². The average molecular weight is 677 g/mol. The van der Waals surface area contributed by atoms with Crippen LogP contribution in [0.3, 0.4) is 0 Å². The monoisotopic (exact) mass is 676 g/mol. The molecule has 0 saturated heterocycles. The molecule has 0 atom stereocenters. The van der Waals surface area contributed by atoms with Gasteiger partial charge in [-0.2, -0.15) is 0 Å². The van der Waals surface area contributed by atoms with Gasteiger partial charge in [-0.15, -0.1) is 0 Å². The van der Waals surface area contributed by atoms with Crippen molar-refractivity contribution in [2.75, 3.05) is 0 Å². The third-order valence-corrected chi connectivity index (χ3v) is 11.4. The first-order valence-electron chi connectivity index (χ1n) is 18.8. The molecule has 11 aromatic rings. The van der Waals surface area contributed by atoms with E-state index in [0.29, 0.717) is 0 Å². The number of fused-ring (bicyclic) bond motifs is 13. The lowest BCUT2D eigenvalue weighted by Gasteiger charge is -2.15. The minimum atomic E-state index is 1.08. The van der Waals surface area contributed by atoms with Gasteiger partial charge in [0.05, 0.1) is 27.8 Å². The highest BCUT2D eigenvalue weighted by Gasteiger charge is 2.22. The van der Waals surface area contributed by atoms with Crippen molar-refractivity contribution >= 4 is 75.9 Å². The normalized spacial score (nSPS) is 12.0. The Labute approximate surface area is 307 Å². The zero-order valence-corrected chi connectivity index (χ0v) is 29.6. The summed E-state index contributed by atoms with van der Waals surface area (Å²) in [7, 11) is 0. The summed E-state index contributed by atoms with van der Waals surface area (Å²) in [5.41, 5.74) is 11.1. The zero-order chi connectivity index (χ0) is 35.0. The number of nitrogens with zero attached hydrogens (tertiary/aromatic N) is 2. The van der Waals surface area contributed by atoms with E-state index in [9.17, 15) is 0 Å². The molecule has 0 N–H and O–H groups in total. The Hall–Kier alpha value is -6.64. The summed E-state index contributed by atoms with van der Waals surface area (Å²) in [6.07, 6.45) is 2.21. The fraction of sp³-hybridized carbons (Fsp3) is 0.0588. The molecular formula is C51H36N2. The lowest BCUT2D eigenvalue weighted by Crippen LogP contribution is -1.98. The predicted molar refractivity (Wildman–Crippen MR) is 227 cm³/mol. The molecule has 2 heteroatoms. The van der Waals surface area contributed by atoms with Gasteiger partial charge in [0.25, 0.3) is 0 Å². The number of hydrogen-bond donors (Lipinski definition) is 0. The molecular weight excluding hydrogens is 641 g/mol. The van der Waals surface area contributed by atoms with E-state index >= 15 is 0 Å². The lowest BCUT2D eigenvalue weighted by atomic mass is 9.94. The molecule has 0 aliphatic heterocycles. The van der Waals surface area contributed by atoms with Gasteiger partial charge >= 0.3 is 0 Å². The number of aryl methyl sites for hydroxylation is 1. The molecule has 0 saturated carbocycles. The Morgan fingerprint density at radius 1 is 0.377 bits per heavy atom. The van der Waals surface area contributed by atoms with Crippen molar-refractivity contribution < 1.29 is 0 Å². The Bertz CT molecular complexity index is 3210. The fourth-order valence-electron chi connectivity index (χ4n) is 9.19. The van der Waals surface area contributed by atoms with Crippen molar-refractivity contribution in [1.82, 2.24) is 9.13 Å². The van der Waals surface area contributed by atoms with Gasteiger partial charge in [0, 0.05) is 32.8 Å². The summed E-state index contributed by atoms with van der Waals surface area (Å²) in [4.78, 5) is 0. The van der Waals surface area contributed by atoms with Crippen LogP contribution in [0.4, 0.5) is 0 Å². The second kappa shape index (κ2) is 11.7. The standard InChI is InChI=1S/C51H36N2/c1-2-14-33-15-13-16-34(31-33)36-17-7-10-24-45(36)53-47-26-12-9-23-43(47)51-49(53)30-29-48-50(51)42-22-8-11-25-46(42)52(48)35-27-28-41-39-20-4-3-18-37(39)38-19-5-6-21-40(38)44(41)32-35/h3-13,15-32H,2,14H2,1H3. The van der Waals surface area contributed by atoms with Crippen LogP contribution < -0.4 is 0 Å². The van der Waals surface area contributed by atoms with E-state index in [1.54, 1.807) is 0 Å². The van der Waals surface area contributed by atoms with Crippen molar-refractivity contribution in [3.63, 3.8) is 0 Å². The first kappa shape index (κ1) is 30.0. The molecule has 0 unspecified atom stereocenters. The second-order valence-electron chi connectivity index (χ2n) is 14.3. The summed E-state index contributed by atoms with van der Waals surface area (Å²) in [6, 6.07) is 65.3. The van der Waals surface area contributed by atoms with Gasteiger partial charge in [-0.25, -0.2) is 0 Å². The van der Waals surface area contributed by atoms with Crippen molar-refractivity contribution in [3.8, 4) is 22.5 Å². The molecule has 0 aliphatic carbocycles. The predicted octanol–water partition coefficient (Wildman–Crippen LogP) is 14.0. The molecule has 0 bridgehead atoms. The van der Waals surface area contributed by atoms with Crippen LogP contribution in [-0.4, -0.2) is 9.13 Å². The number of hydrogen-bond acceptors (Lipinski definition) is 0. The number of para-hydroxylation sites is 3. The van der Waals surface area contributed by atoms with Gasteiger partial charge in [0.1, 0.15) is 0 Å². The van der Waals surface area contributed by atoms with E-state index in [1.165, 1.54) is 104 Å². The lowest BCUT2D eigenvalue weighted by molar-refractivity contribution is 0.922. The molecule has 2 nitrogen and oxygen atoms in total. The van der Waals surface area contributed by atoms with E-state index < -0.39 is 0 Å². The van der Waals surface area contributed by atoms with Crippen LogP contribution in [0.1, 0.15) is 18.9 Å². The number of aromatic nitrogens is 2. The molecule has 2 heterocycles. The van der Waals surface area contributed by atoms with Gasteiger partial charge in [-0.1, -0.05) is 147 Å². The molecule has 0 amide bonds. The van der Waals surface area contributed by atoms with Crippen LogP contribution in [0.2, 0.25) is 0 Å². The van der Waals surface area contributed by atoms with Gasteiger partial charge in [0.2, 0.25) is 0 Å². The summed E-state index contributed by atoms with van der Waals surface area (Å²) in [5.74, 6) is 0. The van der Waals surface area contributed by atoms with Crippen molar-refractivity contribution in [3.05, 3.63) is 181 Å². The SMILES string of the molecule is CCCc1cccc(-c2ccccc2-n2c3ccccc3c3c4c5ccccc5n(-c5ccc6c7ccccc7c7ccccc7c6c5)c4ccc32)c1. The summed E-state index contributed by atoms with van der Waals surface area (Å²) < 4.78 is 4.97. The highest BCUT2D eigenvalue weighted by Crippen LogP contribution is 2.44. The number of rotatable bonds is 5. The smallest absolute Gasteiger partial charge is 0.0549 e. The van der Waals surface area contributed by atoms with Gasteiger partial charge in [-0.05, 0) is 92.3 Å². The minimum Gasteiger partial charge on any atom is -0.309 e. The van der Waals surface area contributed by atoms with Crippen molar-refractivity contribution in [1.29, 1.82) is 0 Å². The van der Waals surface area contributed by atoms with E-state index in [1.807, 2.05) is 0 Å². The van der Waals surface area contributed by atoms with Gasteiger partial charge in [-0.3, -0.25) is 0 Å². The molecule has 250 valence electrons. The Kier molecular flexibility index (Phi) is 6.63. The summed E-state index contributed by atoms with van der Waals surface area (Å²) >= 11 is 0. The molecule has 2 aromatic heterocycles. The Morgan fingerprint density at radius 2 is 0.906 bits per heavy atom. The number of benzene rings is 9. The van der Waals surface area contributed by atoms with Crippen molar-refractivity contribution in [2.45, 2.75) is 19.8 Å². The molecule has 0 spiro atoms. The molecule has 9 aromatic carbocycles. The highest BCUT2D eigenvalue weighted by atomic mass is 15.0. The molecule has 0 radical (unpaired) electrons. The maximum absolute atomic E-state index is 2.49. The molecule has 11 rings (SSSR count). The maximum Gasteiger partial charge on any atom is 0.0549 e. The molecule has 53 heavy (non-hydrogen) atoms. The van der Waals surface area contributed by atoms with Gasteiger partial charge < -0.3 is 9.13 Å². The summed E-state index contributed by atoms with van der Waals surface area (Å²) in [5, 5.41) is 12.8. The van der Waals surface area contributed by atoms with Crippen LogP contribution in [0.25, 0.3) is 98.4 Å². The largest absolute Gasteiger partial charge is 0.309 e. The van der Waals surface area contributed by atoms with E-state index in [0.717, 1.165) is 12.8 Å². The maximum atomic E-state index is 2.49. The van der Waals surface area contributed by atoms with Crippen LogP contribution in [0.15, 0.2) is 176 Å². The second-order valence-corrected chi connectivity index (χ2v) is 14.3. The van der Waals surface area contributed by atoms with E-state index in [-0.39, 0.29) is 0 Å². The molecule has 0 fully saturated rings. The first-order valence-corrected chi connectivity index (χ1v) is 18.8. The molecule has 0 aliphatic rings. The quantitative estimate of drug-likeness (QED) is 0.161. The fourth-order valence-corrected chi connectivity index (χ4v) is 9.19. The Morgan fingerprint density at radius 3 is 1.57 bits per heavy atom. The highest BCUT2D eigenvalue weighted by molar-refractivity contribution is 6.29. The van der Waals surface area contributed by atoms with Crippen LogP contribution >= 0.6 is 0 Å². The third-order valence-electron chi connectivity index (χ3n) is 11.4. The van der Waals surface area contributed by atoms with Crippen LogP contribution in [-0.2, 0) is 6.42 Å². The first-order chi connectivity index (χ1) is 26.3. The van der Waals surface area contributed by atoms with Gasteiger partial charge in [0.15, 0.2) is 0 Å². The van der Waals surface area contributed by atoms with Crippen molar-refractivity contribution in [2.24, 2.45) is 0 Å². The topological polar surface area (TPSA) is 9.86 Å². The summed E-state index contributed by atoms with van der Waals surface area (Å²) in [6.45, 7) is 2.25. The van der Waals surface area contributed by atoms with Crippen LogP contribution in [0.5, 0.6) is 0 Å². The minimum absolute atomic E-state index is 1.08.